The number of ketones is 1. The molecule has 1 N–H and O–H groups in total. The second kappa shape index (κ2) is 7.86. The van der Waals surface area contributed by atoms with Gasteiger partial charge < -0.3 is 5.32 Å². The minimum atomic E-state index is 0.101. The fourth-order valence-corrected chi connectivity index (χ4v) is 4.84. The van der Waals surface area contributed by atoms with E-state index in [0.29, 0.717) is 11.6 Å². The van der Waals surface area contributed by atoms with Crippen LogP contribution in [0.1, 0.15) is 56.8 Å². The number of aromatic nitrogens is 1. The average molecular weight is 403 g/mol. The molecule has 4 heteroatoms. The Balaban J connectivity index is 1.77. The van der Waals surface area contributed by atoms with Crippen molar-refractivity contribution in [2.24, 2.45) is 11.8 Å². The summed E-state index contributed by atoms with van der Waals surface area (Å²) in [5, 5.41) is 4.43. The van der Waals surface area contributed by atoms with Gasteiger partial charge in [-0.1, -0.05) is 47.8 Å². The summed E-state index contributed by atoms with van der Waals surface area (Å²) in [6.45, 7) is 6.71. The van der Waals surface area contributed by atoms with Crippen molar-refractivity contribution in [3.63, 3.8) is 0 Å². The van der Waals surface area contributed by atoms with Gasteiger partial charge in [-0.05, 0) is 49.7 Å². The molecule has 0 radical (unpaired) electrons. The van der Waals surface area contributed by atoms with Crippen LogP contribution in [0.5, 0.6) is 0 Å². The number of hydrogen-bond donors (Lipinski definition) is 1. The van der Waals surface area contributed by atoms with E-state index in [-0.39, 0.29) is 5.78 Å². The largest absolute Gasteiger partial charge is 0.382 e. The highest BCUT2D eigenvalue weighted by molar-refractivity contribution is 9.09. The third-order valence-corrected chi connectivity index (χ3v) is 6.39. The minimum absolute atomic E-state index is 0.101. The molecule has 0 amide bonds. The van der Waals surface area contributed by atoms with Crippen molar-refractivity contribution in [1.82, 2.24) is 4.98 Å². The molecule has 3 rings (SSSR count). The first-order valence-corrected chi connectivity index (χ1v) is 10.4. The van der Waals surface area contributed by atoms with Gasteiger partial charge in [-0.25, -0.2) is 0 Å². The van der Waals surface area contributed by atoms with Crippen LogP contribution in [0.4, 0.5) is 5.69 Å². The predicted molar refractivity (Wildman–Crippen MR) is 107 cm³/mol. The first-order chi connectivity index (χ1) is 12.0. The first-order valence-electron chi connectivity index (χ1n) is 9.23. The van der Waals surface area contributed by atoms with E-state index in [2.05, 4.69) is 47.0 Å². The SMILES string of the molecule is CC[C@H]1C[C@@H](Nc2ccncc2C(=O)C2=CC(CBr)=C(C)C2)C[C@@H]1C. The van der Waals surface area contributed by atoms with E-state index in [4.69, 9.17) is 0 Å². The number of hydrogen-bond acceptors (Lipinski definition) is 3. The number of pyridine rings is 1. The molecule has 3 atom stereocenters. The Morgan fingerprint density at radius 1 is 1.40 bits per heavy atom. The van der Waals surface area contributed by atoms with Crippen LogP contribution in [-0.2, 0) is 0 Å². The lowest BCUT2D eigenvalue weighted by Crippen LogP contribution is -2.18. The van der Waals surface area contributed by atoms with Crippen LogP contribution in [-0.4, -0.2) is 22.1 Å². The molecule has 0 aliphatic heterocycles. The number of rotatable bonds is 6. The quantitative estimate of drug-likeness (QED) is 0.501. The van der Waals surface area contributed by atoms with Crippen molar-refractivity contribution in [2.45, 2.75) is 52.5 Å². The van der Waals surface area contributed by atoms with E-state index in [1.807, 2.05) is 12.1 Å². The van der Waals surface area contributed by atoms with E-state index >= 15 is 0 Å². The summed E-state index contributed by atoms with van der Waals surface area (Å²) in [5.74, 6) is 1.63. The topological polar surface area (TPSA) is 42.0 Å². The summed E-state index contributed by atoms with van der Waals surface area (Å²) in [6, 6.07) is 2.39. The van der Waals surface area contributed by atoms with Crippen molar-refractivity contribution in [3.8, 4) is 0 Å². The lowest BCUT2D eigenvalue weighted by Gasteiger charge is -2.17. The molecule has 0 saturated heterocycles. The van der Waals surface area contributed by atoms with Crippen LogP contribution < -0.4 is 5.32 Å². The van der Waals surface area contributed by atoms with Gasteiger partial charge in [-0.3, -0.25) is 9.78 Å². The number of halogens is 1. The number of carbonyl (C=O) groups is 1. The van der Waals surface area contributed by atoms with Crippen molar-refractivity contribution in [2.75, 3.05) is 10.6 Å². The van der Waals surface area contributed by atoms with Gasteiger partial charge in [0.05, 0.1) is 5.56 Å². The summed E-state index contributed by atoms with van der Waals surface area (Å²) in [6.07, 6.45) is 9.85. The summed E-state index contributed by atoms with van der Waals surface area (Å²) >= 11 is 3.50. The smallest absolute Gasteiger partial charge is 0.192 e. The number of Topliss-reactive ketones (excluding diaryl/α,β-unsaturated/α-hetero) is 1. The molecule has 1 aromatic rings. The van der Waals surface area contributed by atoms with Crippen LogP contribution in [0.25, 0.3) is 0 Å². The molecule has 25 heavy (non-hydrogen) atoms. The summed E-state index contributed by atoms with van der Waals surface area (Å²) in [4.78, 5) is 17.2. The number of alkyl halides is 1. The van der Waals surface area contributed by atoms with Crippen LogP contribution in [0.2, 0.25) is 0 Å². The van der Waals surface area contributed by atoms with Crippen LogP contribution in [0, 0.1) is 11.8 Å². The second-order valence-corrected chi connectivity index (χ2v) is 8.05. The van der Waals surface area contributed by atoms with Crippen LogP contribution in [0.15, 0.2) is 41.3 Å². The maximum Gasteiger partial charge on any atom is 0.192 e. The van der Waals surface area contributed by atoms with Crippen molar-refractivity contribution < 1.29 is 4.79 Å². The molecule has 0 unspecified atom stereocenters. The van der Waals surface area contributed by atoms with Crippen LogP contribution in [0.3, 0.4) is 0 Å². The van der Waals surface area contributed by atoms with Gasteiger partial charge in [0.15, 0.2) is 5.78 Å². The Morgan fingerprint density at radius 2 is 2.20 bits per heavy atom. The fourth-order valence-electron chi connectivity index (χ4n) is 4.20. The van der Waals surface area contributed by atoms with Crippen molar-refractivity contribution >= 4 is 27.4 Å². The first kappa shape index (κ1) is 18.4. The molecule has 1 fully saturated rings. The molecule has 0 bridgehead atoms. The van der Waals surface area contributed by atoms with Gasteiger partial charge in [0.25, 0.3) is 0 Å². The summed E-state index contributed by atoms with van der Waals surface area (Å²) < 4.78 is 0. The summed E-state index contributed by atoms with van der Waals surface area (Å²) in [7, 11) is 0. The normalized spacial score (nSPS) is 26.1. The van der Waals surface area contributed by atoms with E-state index in [9.17, 15) is 4.79 Å². The molecular weight excluding hydrogens is 376 g/mol. The number of anilines is 1. The third-order valence-electron chi connectivity index (χ3n) is 5.79. The molecule has 0 spiro atoms. The Hall–Kier alpha value is -1.42. The molecule has 3 nitrogen and oxygen atoms in total. The maximum atomic E-state index is 13.0. The monoisotopic (exact) mass is 402 g/mol. The Bertz CT molecular complexity index is 722. The highest BCUT2D eigenvalue weighted by Gasteiger charge is 2.31. The van der Waals surface area contributed by atoms with E-state index in [1.54, 1.807) is 12.4 Å². The molecular formula is C21H27BrN2O. The second-order valence-electron chi connectivity index (χ2n) is 7.49. The van der Waals surface area contributed by atoms with Gasteiger partial charge >= 0.3 is 0 Å². The molecule has 1 heterocycles. The lowest BCUT2D eigenvalue weighted by atomic mass is 9.96. The number of nitrogens with one attached hydrogen (secondary N) is 1. The van der Waals surface area contributed by atoms with Gasteiger partial charge in [0, 0.05) is 35.0 Å². The van der Waals surface area contributed by atoms with Gasteiger partial charge in [0.1, 0.15) is 0 Å². The molecule has 0 aromatic carbocycles. The lowest BCUT2D eigenvalue weighted by molar-refractivity contribution is 0.103. The van der Waals surface area contributed by atoms with E-state index in [1.165, 1.54) is 30.4 Å². The van der Waals surface area contributed by atoms with Gasteiger partial charge in [-0.2, -0.15) is 0 Å². The zero-order valence-corrected chi connectivity index (χ0v) is 16.9. The van der Waals surface area contributed by atoms with Crippen molar-refractivity contribution in [3.05, 3.63) is 46.8 Å². The van der Waals surface area contributed by atoms with Crippen molar-refractivity contribution in [1.29, 1.82) is 0 Å². The molecule has 2 aliphatic rings. The van der Waals surface area contributed by atoms with E-state index in [0.717, 1.165) is 34.8 Å². The van der Waals surface area contributed by atoms with Gasteiger partial charge in [0.2, 0.25) is 0 Å². The Morgan fingerprint density at radius 3 is 2.84 bits per heavy atom. The zero-order chi connectivity index (χ0) is 18.0. The predicted octanol–water partition coefficient (Wildman–Crippen LogP) is 5.54. The molecule has 134 valence electrons. The Kier molecular flexibility index (Phi) is 5.78. The average Bonchev–Trinajstić information content (AvgIpc) is 3.16. The molecule has 2 aliphatic carbocycles. The Labute approximate surface area is 159 Å². The fraction of sp³-hybridized carbons (Fsp3) is 0.524. The molecule has 1 aromatic heterocycles. The number of carbonyl (C=O) groups excluding carboxylic acids is 1. The number of nitrogens with zero attached hydrogens (tertiary/aromatic N) is 1. The zero-order valence-electron chi connectivity index (χ0n) is 15.3. The van der Waals surface area contributed by atoms with Crippen LogP contribution >= 0.6 is 15.9 Å². The van der Waals surface area contributed by atoms with E-state index < -0.39 is 0 Å². The summed E-state index contributed by atoms with van der Waals surface area (Å²) in [5.41, 5.74) is 4.99. The highest BCUT2D eigenvalue weighted by atomic mass is 79.9. The number of allylic oxidation sites excluding steroid dienone is 4. The standard InChI is InChI=1S/C21H27BrN2O/c1-4-15-10-18(8-14(15)3)24-20-5-6-23-12-19(20)21(25)16-7-13(2)17(9-16)11-22/h5-6,9,12,14-15,18H,4,7-8,10-11H2,1-3H3,(H,23,24)/t14-,15-,18-/m0/s1. The third kappa shape index (κ3) is 3.89. The highest BCUT2D eigenvalue weighted by Crippen LogP contribution is 2.36. The minimum Gasteiger partial charge on any atom is -0.382 e. The van der Waals surface area contributed by atoms with Gasteiger partial charge in [-0.15, -0.1) is 0 Å². The molecule has 1 saturated carbocycles. The maximum absolute atomic E-state index is 13.0.